The van der Waals surface area contributed by atoms with Crippen molar-refractivity contribution >= 4 is 5.97 Å². The lowest BCUT2D eigenvalue weighted by molar-refractivity contribution is -0.154. The fourth-order valence-corrected chi connectivity index (χ4v) is 2.84. The second-order valence-electron chi connectivity index (χ2n) is 6.23. The molecular formula is C15H29NO2. The lowest BCUT2D eigenvalue weighted by atomic mass is 9.88. The number of hydrogen-bond acceptors (Lipinski definition) is 3. The molecule has 3 unspecified atom stereocenters. The molecule has 1 aliphatic rings. The van der Waals surface area contributed by atoms with Gasteiger partial charge in [0.15, 0.2) is 0 Å². The summed E-state index contributed by atoms with van der Waals surface area (Å²) in [5, 5.41) is 0. The average molecular weight is 255 g/mol. The molecule has 18 heavy (non-hydrogen) atoms. The molecule has 3 nitrogen and oxygen atoms in total. The van der Waals surface area contributed by atoms with Gasteiger partial charge in [-0.05, 0) is 50.0 Å². The quantitative estimate of drug-likeness (QED) is 0.742. The molecule has 0 amide bonds. The summed E-state index contributed by atoms with van der Waals surface area (Å²) in [6.45, 7) is 7.09. The zero-order valence-corrected chi connectivity index (χ0v) is 12.2. The van der Waals surface area contributed by atoms with E-state index < -0.39 is 0 Å². The minimum atomic E-state index is -0.0511. The topological polar surface area (TPSA) is 52.3 Å². The van der Waals surface area contributed by atoms with E-state index in [-0.39, 0.29) is 18.0 Å². The van der Waals surface area contributed by atoms with Gasteiger partial charge in [-0.25, -0.2) is 0 Å². The van der Waals surface area contributed by atoms with Gasteiger partial charge in [0.1, 0.15) is 6.10 Å². The van der Waals surface area contributed by atoms with E-state index in [0.29, 0.717) is 24.8 Å². The summed E-state index contributed by atoms with van der Waals surface area (Å²) >= 11 is 0. The summed E-state index contributed by atoms with van der Waals surface area (Å²) in [5.74, 6) is 1.32. The molecule has 106 valence electrons. The first-order valence-electron chi connectivity index (χ1n) is 7.42. The number of carbonyl (C=O) groups excluding carboxylic acids is 1. The summed E-state index contributed by atoms with van der Waals surface area (Å²) in [6, 6.07) is 0. The normalized spacial score (nSPS) is 26.1. The third kappa shape index (κ3) is 5.38. The number of hydrogen-bond donors (Lipinski definition) is 1. The molecule has 0 aromatic carbocycles. The molecule has 2 N–H and O–H groups in total. The van der Waals surface area contributed by atoms with E-state index >= 15 is 0 Å². The highest BCUT2D eigenvalue weighted by atomic mass is 16.5. The van der Waals surface area contributed by atoms with E-state index in [2.05, 4.69) is 20.8 Å². The minimum absolute atomic E-state index is 0.0511. The third-order valence-electron chi connectivity index (χ3n) is 3.91. The summed E-state index contributed by atoms with van der Waals surface area (Å²) < 4.78 is 5.62. The van der Waals surface area contributed by atoms with Crippen LogP contribution in [0.15, 0.2) is 0 Å². The van der Waals surface area contributed by atoms with Crippen LogP contribution < -0.4 is 5.73 Å². The first kappa shape index (κ1) is 15.5. The first-order valence-corrected chi connectivity index (χ1v) is 7.42. The number of nitrogens with two attached hydrogens (primary N) is 1. The van der Waals surface area contributed by atoms with E-state index in [0.717, 1.165) is 12.8 Å². The van der Waals surface area contributed by atoms with Gasteiger partial charge in [-0.3, -0.25) is 4.79 Å². The zero-order valence-electron chi connectivity index (χ0n) is 12.2. The molecule has 0 aromatic rings. The monoisotopic (exact) mass is 255 g/mol. The van der Waals surface area contributed by atoms with Gasteiger partial charge in [-0.1, -0.05) is 27.2 Å². The Balaban J connectivity index is 2.34. The van der Waals surface area contributed by atoms with Crippen molar-refractivity contribution in [2.24, 2.45) is 23.5 Å². The van der Waals surface area contributed by atoms with Crippen molar-refractivity contribution in [1.29, 1.82) is 0 Å². The molecule has 0 radical (unpaired) electrons. The Bertz CT molecular complexity index is 253. The molecule has 1 fully saturated rings. The van der Waals surface area contributed by atoms with Crippen LogP contribution in [0.25, 0.3) is 0 Å². The second-order valence-corrected chi connectivity index (χ2v) is 6.23. The lowest BCUT2D eigenvalue weighted by Gasteiger charge is -2.29. The summed E-state index contributed by atoms with van der Waals surface area (Å²) in [7, 11) is 0. The molecule has 0 heterocycles. The van der Waals surface area contributed by atoms with Crippen LogP contribution in [-0.4, -0.2) is 18.6 Å². The smallest absolute Gasteiger partial charge is 0.306 e. The van der Waals surface area contributed by atoms with Gasteiger partial charge < -0.3 is 10.5 Å². The van der Waals surface area contributed by atoms with E-state index in [1.54, 1.807) is 0 Å². The maximum absolute atomic E-state index is 11.9. The maximum atomic E-state index is 11.9. The predicted molar refractivity (Wildman–Crippen MR) is 74.1 cm³/mol. The van der Waals surface area contributed by atoms with Gasteiger partial charge in [0, 0.05) is 6.42 Å². The van der Waals surface area contributed by atoms with Crippen LogP contribution in [0.3, 0.4) is 0 Å². The van der Waals surface area contributed by atoms with Crippen LogP contribution in [-0.2, 0) is 9.53 Å². The molecule has 0 saturated heterocycles. The van der Waals surface area contributed by atoms with Crippen molar-refractivity contribution in [3.05, 3.63) is 0 Å². The highest BCUT2D eigenvalue weighted by molar-refractivity contribution is 5.70. The highest BCUT2D eigenvalue weighted by Crippen LogP contribution is 2.27. The number of esters is 1. The molecule has 3 heteroatoms. The molecule has 1 saturated carbocycles. The lowest BCUT2D eigenvalue weighted by Crippen LogP contribution is -2.30. The standard InChI is InChI=1S/C15H29NO2/c1-11(2)8-13(10-16)9-15(17)18-14-7-5-4-6-12(14)3/h11-14H,4-10,16H2,1-3H3. The fourth-order valence-electron chi connectivity index (χ4n) is 2.84. The molecule has 0 bridgehead atoms. The summed E-state index contributed by atoms with van der Waals surface area (Å²) in [6.07, 6.45) is 6.31. The Morgan fingerprint density at radius 1 is 1.33 bits per heavy atom. The van der Waals surface area contributed by atoms with Gasteiger partial charge >= 0.3 is 5.97 Å². The Labute approximate surface area is 111 Å². The highest BCUT2D eigenvalue weighted by Gasteiger charge is 2.25. The van der Waals surface area contributed by atoms with E-state index in [1.165, 1.54) is 19.3 Å². The fraction of sp³-hybridized carbons (Fsp3) is 0.933. The number of carbonyl (C=O) groups is 1. The van der Waals surface area contributed by atoms with Crippen molar-refractivity contribution in [3.63, 3.8) is 0 Å². The minimum Gasteiger partial charge on any atom is -0.462 e. The first-order chi connectivity index (χ1) is 8.52. The molecule has 1 rings (SSSR count). The van der Waals surface area contributed by atoms with Crippen molar-refractivity contribution in [1.82, 2.24) is 0 Å². The Morgan fingerprint density at radius 3 is 2.56 bits per heavy atom. The molecule has 3 atom stereocenters. The Kier molecular flexibility index (Phi) is 6.69. The maximum Gasteiger partial charge on any atom is 0.306 e. The van der Waals surface area contributed by atoms with Crippen LogP contribution in [0.2, 0.25) is 0 Å². The largest absolute Gasteiger partial charge is 0.462 e. The van der Waals surface area contributed by atoms with E-state index in [4.69, 9.17) is 10.5 Å². The van der Waals surface area contributed by atoms with Gasteiger partial charge in [0.25, 0.3) is 0 Å². The molecule has 0 aliphatic heterocycles. The summed E-state index contributed by atoms with van der Waals surface area (Å²) in [4.78, 5) is 11.9. The van der Waals surface area contributed by atoms with Crippen LogP contribution in [0, 0.1) is 17.8 Å². The van der Waals surface area contributed by atoms with Crippen LogP contribution in [0.5, 0.6) is 0 Å². The Hall–Kier alpha value is -0.570. The van der Waals surface area contributed by atoms with Crippen molar-refractivity contribution < 1.29 is 9.53 Å². The second kappa shape index (κ2) is 7.78. The molecule has 1 aliphatic carbocycles. The van der Waals surface area contributed by atoms with Crippen molar-refractivity contribution in [2.45, 2.75) is 65.4 Å². The van der Waals surface area contributed by atoms with Gasteiger partial charge in [-0.2, -0.15) is 0 Å². The SMILES string of the molecule is CC(C)CC(CN)CC(=O)OC1CCCCC1C. The van der Waals surface area contributed by atoms with Crippen LogP contribution in [0.4, 0.5) is 0 Å². The molecular weight excluding hydrogens is 226 g/mol. The van der Waals surface area contributed by atoms with Crippen LogP contribution in [0.1, 0.15) is 59.3 Å². The van der Waals surface area contributed by atoms with Gasteiger partial charge in [0.05, 0.1) is 0 Å². The summed E-state index contributed by atoms with van der Waals surface area (Å²) in [5.41, 5.74) is 5.72. The van der Waals surface area contributed by atoms with Crippen molar-refractivity contribution in [3.8, 4) is 0 Å². The van der Waals surface area contributed by atoms with Crippen molar-refractivity contribution in [2.75, 3.05) is 6.54 Å². The average Bonchev–Trinajstić information content (AvgIpc) is 2.30. The molecule has 0 aromatic heterocycles. The number of rotatable bonds is 6. The van der Waals surface area contributed by atoms with Gasteiger partial charge in [-0.15, -0.1) is 0 Å². The predicted octanol–water partition coefficient (Wildman–Crippen LogP) is 3.12. The van der Waals surface area contributed by atoms with E-state index in [1.807, 2.05) is 0 Å². The zero-order chi connectivity index (χ0) is 13.5. The van der Waals surface area contributed by atoms with Gasteiger partial charge in [0.2, 0.25) is 0 Å². The van der Waals surface area contributed by atoms with E-state index in [9.17, 15) is 4.79 Å². The third-order valence-corrected chi connectivity index (χ3v) is 3.91. The molecule has 0 spiro atoms. The number of ether oxygens (including phenoxy) is 1. The Morgan fingerprint density at radius 2 is 2.00 bits per heavy atom. The van der Waals surface area contributed by atoms with Crippen LogP contribution >= 0.6 is 0 Å².